The quantitative estimate of drug-likeness (QED) is 0.752. The highest BCUT2D eigenvalue weighted by Crippen LogP contribution is 2.22. The predicted octanol–water partition coefficient (Wildman–Crippen LogP) is 2.82. The second-order valence-corrected chi connectivity index (χ2v) is 5.86. The van der Waals surface area contributed by atoms with Gasteiger partial charge in [0.05, 0.1) is 27.7 Å². The summed E-state index contributed by atoms with van der Waals surface area (Å²) in [6.45, 7) is -0.493. The van der Waals surface area contributed by atoms with Gasteiger partial charge in [-0.05, 0) is 29.8 Å². The van der Waals surface area contributed by atoms with E-state index in [1.54, 1.807) is 30.3 Å². The molecule has 0 aliphatic carbocycles. The van der Waals surface area contributed by atoms with E-state index in [0.717, 1.165) is 0 Å². The molecule has 3 N–H and O–H groups in total. The lowest BCUT2D eigenvalue weighted by Crippen LogP contribution is -2.23. The smallest absolute Gasteiger partial charge is 0.310 e. The highest BCUT2D eigenvalue weighted by Gasteiger charge is 2.13. The van der Waals surface area contributed by atoms with Gasteiger partial charge in [-0.2, -0.15) is 0 Å². The molecule has 0 fully saturated rings. The topological polar surface area (TPSA) is 98.5 Å². The van der Waals surface area contributed by atoms with Crippen LogP contribution in [0.15, 0.2) is 42.5 Å². The first-order chi connectivity index (χ1) is 11.9. The summed E-state index contributed by atoms with van der Waals surface area (Å²) < 4.78 is 4.91. The molecule has 0 aliphatic heterocycles. The van der Waals surface area contributed by atoms with Crippen LogP contribution in [0, 0.1) is 0 Å². The number of benzene rings is 2. The first-order valence-electron chi connectivity index (χ1n) is 7.15. The lowest BCUT2D eigenvalue weighted by molar-refractivity contribution is -0.146. The van der Waals surface area contributed by atoms with Gasteiger partial charge in [0, 0.05) is 0 Å². The van der Waals surface area contributed by atoms with Crippen LogP contribution >= 0.6 is 23.2 Å². The van der Waals surface area contributed by atoms with E-state index in [9.17, 15) is 14.4 Å². The van der Waals surface area contributed by atoms with Crippen LogP contribution in [0.1, 0.15) is 15.9 Å². The summed E-state index contributed by atoms with van der Waals surface area (Å²) in [6.07, 6.45) is -0.0535. The molecule has 0 heterocycles. The Labute approximate surface area is 153 Å². The Morgan fingerprint density at radius 1 is 1.04 bits per heavy atom. The van der Waals surface area contributed by atoms with E-state index >= 15 is 0 Å². The summed E-state index contributed by atoms with van der Waals surface area (Å²) in [6, 6.07) is 11.0. The molecule has 2 amide bonds. The third-order valence-corrected chi connectivity index (χ3v) is 3.90. The molecule has 6 nitrogen and oxygen atoms in total. The summed E-state index contributed by atoms with van der Waals surface area (Å²) in [5.74, 6) is -1.86. The number of rotatable bonds is 6. The van der Waals surface area contributed by atoms with Crippen molar-refractivity contribution in [3.05, 3.63) is 63.6 Å². The molecule has 130 valence electrons. The van der Waals surface area contributed by atoms with Crippen molar-refractivity contribution < 1.29 is 19.1 Å². The molecule has 0 unspecified atom stereocenters. The average molecular weight is 381 g/mol. The van der Waals surface area contributed by atoms with Gasteiger partial charge in [0.2, 0.25) is 0 Å². The maximum Gasteiger partial charge on any atom is 0.310 e. The minimum Gasteiger partial charge on any atom is -0.455 e. The molecule has 2 aromatic carbocycles. The number of anilines is 1. The first kappa shape index (κ1) is 18.8. The van der Waals surface area contributed by atoms with Crippen molar-refractivity contribution in [1.82, 2.24) is 0 Å². The number of carbonyl (C=O) groups is 3. The molecule has 25 heavy (non-hydrogen) atoms. The zero-order valence-corrected chi connectivity index (χ0v) is 14.4. The third kappa shape index (κ3) is 5.48. The van der Waals surface area contributed by atoms with Crippen LogP contribution in [-0.2, 0) is 20.7 Å². The Hall–Kier alpha value is -2.57. The van der Waals surface area contributed by atoms with E-state index in [-0.39, 0.29) is 17.7 Å². The lowest BCUT2D eigenvalue weighted by Gasteiger charge is -2.09. The van der Waals surface area contributed by atoms with Gasteiger partial charge in [0.25, 0.3) is 11.8 Å². The number of para-hydroxylation sites is 1. The second-order valence-electron chi connectivity index (χ2n) is 5.04. The van der Waals surface area contributed by atoms with E-state index in [1.165, 1.54) is 12.1 Å². The van der Waals surface area contributed by atoms with Gasteiger partial charge < -0.3 is 15.8 Å². The van der Waals surface area contributed by atoms with Gasteiger partial charge >= 0.3 is 5.97 Å². The van der Waals surface area contributed by atoms with Crippen LogP contribution in [0.3, 0.4) is 0 Å². The maximum absolute atomic E-state index is 11.9. The minimum atomic E-state index is -0.674. The second kappa shape index (κ2) is 8.50. The summed E-state index contributed by atoms with van der Waals surface area (Å²) in [5, 5.41) is 3.18. The van der Waals surface area contributed by atoms with Crippen molar-refractivity contribution in [2.24, 2.45) is 5.73 Å². The number of hydrogen-bond acceptors (Lipinski definition) is 4. The molecule has 0 atom stereocenters. The number of ether oxygens (including phenoxy) is 1. The first-order valence-corrected chi connectivity index (χ1v) is 7.90. The molecule has 0 aromatic heterocycles. The molecule has 0 bridgehead atoms. The molecule has 0 saturated carbocycles. The normalized spacial score (nSPS) is 10.2. The van der Waals surface area contributed by atoms with E-state index in [2.05, 4.69) is 5.32 Å². The van der Waals surface area contributed by atoms with Gasteiger partial charge in [-0.25, -0.2) is 0 Å². The number of esters is 1. The van der Waals surface area contributed by atoms with Crippen molar-refractivity contribution in [2.45, 2.75) is 6.42 Å². The van der Waals surface area contributed by atoms with Crippen molar-refractivity contribution in [3.63, 3.8) is 0 Å². The van der Waals surface area contributed by atoms with Gasteiger partial charge in [0.15, 0.2) is 6.61 Å². The number of amides is 2. The monoisotopic (exact) mass is 380 g/mol. The fourth-order valence-corrected chi connectivity index (χ4v) is 2.33. The van der Waals surface area contributed by atoms with Crippen molar-refractivity contribution in [3.8, 4) is 0 Å². The molecule has 0 aliphatic rings. The van der Waals surface area contributed by atoms with Crippen molar-refractivity contribution in [2.75, 3.05) is 11.9 Å². The van der Waals surface area contributed by atoms with Crippen LogP contribution in [0.5, 0.6) is 0 Å². The summed E-state index contributed by atoms with van der Waals surface area (Å²) in [7, 11) is 0. The molecule has 0 saturated heterocycles. The van der Waals surface area contributed by atoms with Crippen LogP contribution in [0.4, 0.5) is 5.69 Å². The van der Waals surface area contributed by atoms with Crippen LogP contribution < -0.4 is 11.1 Å². The highest BCUT2D eigenvalue weighted by atomic mass is 35.5. The van der Waals surface area contributed by atoms with Crippen LogP contribution in [0.25, 0.3) is 0 Å². The lowest BCUT2D eigenvalue weighted by atomic mass is 10.1. The van der Waals surface area contributed by atoms with Crippen LogP contribution in [-0.4, -0.2) is 24.4 Å². The Balaban J connectivity index is 1.88. The summed E-state index contributed by atoms with van der Waals surface area (Å²) >= 11 is 11.7. The molecule has 0 spiro atoms. The van der Waals surface area contributed by atoms with Gasteiger partial charge in [0.1, 0.15) is 0 Å². The SMILES string of the molecule is NC(=O)c1ccccc1NC(=O)COC(=O)Cc1ccc(Cl)c(Cl)c1. The van der Waals surface area contributed by atoms with Crippen LogP contribution in [0.2, 0.25) is 10.0 Å². The maximum atomic E-state index is 11.9. The summed E-state index contributed by atoms with van der Waals surface area (Å²) in [4.78, 5) is 34.9. The number of halogens is 2. The molecule has 8 heteroatoms. The Bertz CT molecular complexity index is 824. The van der Waals surface area contributed by atoms with Gasteiger partial charge in [-0.15, -0.1) is 0 Å². The largest absolute Gasteiger partial charge is 0.455 e. The highest BCUT2D eigenvalue weighted by molar-refractivity contribution is 6.42. The zero-order chi connectivity index (χ0) is 18.4. The molecule has 2 aromatic rings. The summed E-state index contributed by atoms with van der Waals surface area (Å²) in [5.41, 5.74) is 6.25. The van der Waals surface area contributed by atoms with E-state index in [1.807, 2.05) is 0 Å². The van der Waals surface area contributed by atoms with Gasteiger partial charge in [-0.1, -0.05) is 41.4 Å². The number of hydrogen-bond donors (Lipinski definition) is 2. The van der Waals surface area contributed by atoms with E-state index in [0.29, 0.717) is 15.6 Å². The Kier molecular flexibility index (Phi) is 6.38. The molecule has 0 radical (unpaired) electrons. The van der Waals surface area contributed by atoms with E-state index in [4.69, 9.17) is 33.7 Å². The van der Waals surface area contributed by atoms with Gasteiger partial charge in [-0.3, -0.25) is 14.4 Å². The molecular weight excluding hydrogens is 367 g/mol. The number of nitrogens with one attached hydrogen (secondary N) is 1. The number of nitrogens with two attached hydrogens (primary N) is 1. The fraction of sp³-hybridized carbons (Fsp3) is 0.118. The average Bonchev–Trinajstić information content (AvgIpc) is 2.57. The fourth-order valence-electron chi connectivity index (χ4n) is 2.01. The molecule has 2 rings (SSSR count). The third-order valence-electron chi connectivity index (χ3n) is 3.16. The number of carbonyl (C=O) groups excluding carboxylic acids is 3. The zero-order valence-electron chi connectivity index (χ0n) is 12.9. The predicted molar refractivity (Wildman–Crippen MR) is 94.7 cm³/mol. The number of primary amides is 1. The van der Waals surface area contributed by atoms with Crippen molar-refractivity contribution >= 4 is 46.7 Å². The Morgan fingerprint density at radius 2 is 1.76 bits per heavy atom. The minimum absolute atomic E-state index is 0.0535. The Morgan fingerprint density at radius 3 is 2.44 bits per heavy atom. The molecular formula is C17H14Cl2N2O4. The standard InChI is InChI=1S/C17H14Cl2N2O4/c18-12-6-5-10(7-13(12)19)8-16(23)25-9-15(22)21-14-4-2-1-3-11(14)17(20)24/h1-7H,8-9H2,(H2,20,24)(H,21,22). The van der Waals surface area contributed by atoms with Crippen molar-refractivity contribution in [1.29, 1.82) is 0 Å². The van der Waals surface area contributed by atoms with E-state index < -0.39 is 24.4 Å².